The molecule has 1 aliphatic carbocycles. The first-order valence-corrected chi connectivity index (χ1v) is 8.37. The first-order valence-electron chi connectivity index (χ1n) is 7.99. The molecule has 0 spiro atoms. The van der Waals surface area contributed by atoms with Crippen LogP contribution in [0.3, 0.4) is 0 Å². The lowest BCUT2D eigenvalue weighted by molar-refractivity contribution is 0.358. The van der Waals surface area contributed by atoms with Gasteiger partial charge in [0.15, 0.2) is 11.6 Å². The molecule has 1 aromatic carbocycles. The number of hydrogen-bond acceptors (Lipinski definition) is 1. The van der Waals surface area contributed by atoms with Gasteiger partial charge in [-0.05, 0) is 36.6 Å². The van der Waals surface area contributed by atoms with E-state index in [-0.39, 0.29) is 6.04 Å². The predicted octanol–water partition coefficient (Wildman–Crippen LogP) is 5.63. The minimum Gasteiger partial charge on any atom is -0.310 e. The van der Waals surface area contributed by atoms with E-state index in [1.165, 1.54) is 44.6 Å². The van der Waals surface area contributed by atoms with Gasteiger partial charge in [-0.25, -0.2) is 8.78 Å². The van der Waals surface area contributed by atoms with Crippen LogP contribution in [0.1, 0.15) is 63.5 Å². The Kier molecular flexibility index (Phi) is 6.43. The molecule has 0 heterocycles. The molecule has 1 saturated carbocycles. The quantitative estimate of drug-likeness (QED) is 0.548. The molecule has 4 heteroatoms. The molecule has 0 aromatic heterocycles. The van der Waals surface area contributed by atoms with Crippen LogP contribution in [-0.4, -0.2) is 6.54 Å². The standard InChI is InChI=1S/C17H24ClF2N/c1-2-21-17(9-12-7-5-3-4-6-8-12)13-10-15(19)16(20)11-14(13)18/h10-12,17,21H,2-9H2,1H3. The molecule has 21 heavy (non-hydrogen) atoms. The van der Waals surface area contributed by atoms with Crippen LogP contribution in [-0.2, 0) is 0 Å². The molecule has 0 aliphatic heterocycles. The van der Waals surface area contributed by atoms with Crippen LogP contribution in [0.25, 0.3) is 0 Å². The Hall–Kier alpha value is -0.670. The molecular weight excluding hydrogens is 292 g/mol. The topological polar surface area (TPSA) is 12.0 Å². The van der Waals surface area contributed by atoms with Gasteiger partial charge in [0.2, 0.25) is 0 Å². The zero-order valence-electron chi connectivity index (χ0n) is 12.6. The summed E-state index contributed by atoms with van der Waals surface area (Å²) in [5.74, 6) is -1.06. The highest BCUT2D eigenvalue weighted by Gasteiger charge is 2.22. The van der Waals surface area contributed by atoms with Crippen molar-refractivity contribution in [3.8, 4) is 0 Å². The zero-order chi connectivity index (χ0) is 15.2. The minimum atomic E-state index is -0.881. The van der Waals surface area contributed by atoms with Gasteiger partial charge in [0.25, 0.3) is 0 Å². The van der Waals surface area contributed by atoms with E-state index in [0.29, 0.717) is 16.5 Å². The zero-order valence-corrected chi connectivity index (χ0v) is 13.4. The van der Waals surface area contributed by atoms with E-state index in [0.717, 1.165) is 19.0 Å². The molecule has 1 aliphatic rings. The number of halogens is 3. The summed E-state index contributed by atoms with van der Waals surface area (Å²) < 4.78 is 26.8. The molecule has 0 radical (unpaired) electrons. The normalized spacial score (nSPS) is 18.5. The lowest BCUT2D eigenvalue weighted by atomic mass is 9.89. The molecule has 1 nitrogen and oxygen atoms in total. The maximum Gasteiger partial charge on any atom is 0.160 e. The van der Waals surface area contributed by atoms with Crippen molar-refractivity contribution in [2.75, 3.05) is 6.54 Å². The Labute approximate surface area is 131 Å². The molecule has 1 unspecified atom stereocenters. The molecule has 1 aromatic rings. The number of hydrogen-bond donors (Lipinski definition) is 1. The van der Waals surface area contributed by atoms with Crippen molar-refractivity contribution < 1.29 is 8.78 Å². The van der Waals surface area contributed by atoms with Crippen LogP contribution < -0.4 is 5.32 Å². The molecule has 2 rings (SSSR count). The molecular formula is C17H24ClF2N. The van der Waals surface area contributed by atoms with Gasteiger partial charge in [-0.3, -0.25) is 0 Å². The Morgan fingerprint density at radius 2 is 1.76 bits per heavy atom. The third-order valence-electron chi connectivity index (χ3n) is 4.41. The lowest BCUT2D eigenvalue weighted by Gasteiger charge is -2.24. The average molecular weight is 316 g/mol. The van der Waals surface area contributed by atoms with Crippen LogP contribution in [0.4, 0.5) is 8.78 Å². The van der Waals surface area contributed by atoms with Crippen LogP contribution in [0.2, 0.25) is 5.02 Å². The second kappa shape index (κ2) is 8.09. The Bertz CT molecular complexity index is 456. The summed E-state index contributed by atoms with van der Waals surface area (Å²) in [5.41, 5.74) is 0.682. The third-order valence-corrected chi connectivity index (χ3v) is 4.74. The monoisotopic (exact) mass is 315 g/mol. The van der Waals surface area contributed by atoms with E-state index >= 15 is 0 Å². The smallest absolute Gasteiger partial charge is 0.160 e. The van der Waals surface area contributed by atoms with E-state index in [4.69, 9.17) is 11.6 Å². The van der Waals surface area contributed by atoms with Crippen LogP contribution in [0, 0.1) is 17.6 Å². The van der Waals surface area contributed by atoms with Gasteiger partial charge in [0, 0.05) is 11.1 Å². The summed E-state index contributed by atoms with van der Waals surface area (Å²) in [5, 5.41) is 3.69. The summed E-state index contributed by atoms with van der Waals surface area (Å²) in [6.45, 7) is 2.81. The number of rotatable bonds is 5. The molecule has 1 N–H and O–H groups in total. The van der Waals surface area contributed by atoms with Gasteiger partial charge >= 0.3 is 0 Å². The summed E-state index contributed by atoms with van der Waals surface area (Å²) in [6.07, 6.45) is 8.57. The summed E-state index contributed by atoms with van der Waals surface area (Å²) in [7, 11) is 0. The van der Waals surface area contributed by atoms with Crippen molar-refractivity contribution in [3.05, 3.63) is 34.4 Å². The summed E-state index contributed by atoms with van der Waals surface area (Å²) in [6, 6.07) is 2.34. The molecule has 1 fully saturated rings. The second-order valence-electron chi connectivity index (χ2n) is 5.99. The van der Waals surface area contributed by atoms with Crippen molar-refractivity contribution in [2.24, 2.45) is 5.92 Å². The van der Waals surface area contributed by atoms with Crippen molar-refractivity contribution in [1.82, 2.24) is 5.32 Å². The second-order valence-corrected chi connectivity index (χ2v) is 6.40. The minimum absolute atomic E-state index is 0.000648. The predicted molar refractivity (Wildman–Crippen MR) is 83.6 cm³/mol. The highest BCUT2D eigenvalue weighted by Crippen LogP contribution is 2.34. The Morgan fingerprint density at radius 1 is 1.14 bits per heavy atom. The SMILES string of the molecule is CCNC(CC1CCCCCC1)c1cc(F)c(F)cc1Cl. The van der Waals surface area contributed by atoms with E-state index < -0.39 is 11.6 Å². The average Bonchev–Trinajstić information content (AvgIpc) is 2.71. The van der Waals surface area contributed by atoms with E-state index in [2.05, 4.69) is 5.32 Å². The molecule has 0 amide bonds. The Morgan fingerprint density at radius 3 is 2.38 bits per heavy atom. The van der Waals surface area contributed by atoms with Gasteiger partial charge in [-0.15, -0.1) is 0 Å². The van der Waals surface area contributed by atoms with Crippen molar-refractivity contribution in [1.29, 1.82) is 0 Å². The lowest BCUT2D eigenvalue weighted by Crippen LogP contribution is -2.24. The largest absolute Gasteiger partial charge is 0.310 e. The summed E-state index contributed by atoms with van der Waals surface area (Å²) >= 11 is 6.14. The molecule has 118 valence electrons. The Balaban J connectivity index is 2.15. The first-order chi connectivity index (χ1) is 10.1. The highest BCUT2D eigenvalue weighted by molar-refractivity contribution is 6.31. The van der Waals surface area contributed by atoms with Crippen molar-refractivity contribution in [3.63, 3.8) is 0 Å². The van der Waals surface area contributed by atoms with E-state index in [1.54, 1.807) is 0 Å². The maximum absolute atomic E-state index is 13.5. The van der Waals surface area contributed by atoms with Gasteiger partial charge in [-0.2, -0.15) is 0 Å². The van der Waals surface area contributed by atoms with Gasteiger partial charge in [0.05, 0.1) is 0 Å². The fourth-order valence-corrected chi connectivity index (χ4v) is 3.59. The van der Waals surface area contributed by atoms with Gasteiger partial charge in [-0.1, -0.05) is 57.0 Å². The molecule has 0 bridgehead atoms. The van der Waals surface area contributed by atoms with Gasteiger partial charge in [0.1, 0.15) is 0 Å². The molecule has 1 atom stereocenters. The van der Waals surface area contributed by atoms with Crippen LogP contribution in [0.5, 0.6) is 0 Å². The summed E-state index contributed by atoms with van der Waals surface area (Å²) in [4.78, 5) is 0. The highest BCUT2D eigenvalue weighted by atomic mass is 35.5. The number of nitrogens with one attached hydrogen (secondary N) is 1. The number of benzene rings is 1. The fourth-order valence-electron chi connectivity index (χ4n) is 3.30. The van der Waals surface area contributed by atoms with Crippen LogP contribution >= 0.6 is 11.6 Å². The van der Waals surface area contributed by atoms with Gasteiger partial charge < -0.3 is 5.32 Å². The van der Waals surface area contributed by atoms with E-state index in [9.17, 15) is 8.78 Å². The first kappa shape index (κ1) is 16.7. The van der Waals surface area contributed by atoms with E-state index in [1.807, 2.05) is 6.92 Å². The van der Waals surface area contributed by atoms with Crippen molar-refractivity contribution in [2.45, 2.75) is 57.9 Å². The third kappa shape index (κ3) is 4.65. The maximum atomic E-state index is 13.5. The van der Waals surface area contributed by atoms with Crippen molar-refractivity contribution >= 4 is 11.6 Å². The van der Waals surface area contributed by atoms with Crippen LogP contribution in [0.15, 0.2) is 12.1 Å². The fraction of sp³-hybridized carbons (Fsp3) is 0.647. The molecule has 0 saturated heterocycles.